The van der Waals surface area contributed by atoms with Gasteiger partial charge in [-0.1, -0.05) is 19.1 Å². The smallest absolute Gasteiger partial charge is 0.322 e. The van der Waals surface area contributed by atoms with Crippen LogP contribution in [0.15, 0.2) is 24.3 Å². The third kappa shape index (κ3) is 3.26. The number of amides is 2. The highest BCUT2D eigenvalue weighted by Crippen LogP contribution is 2.21. The molecule has 0 saturated carbocycles. The fourth-order valence-corrected chi connectivity index (χ4v) is 2.59. The van der Waals surface area contributed by atoms with Crippen molar-refractivity contribution in [2.45, 2.75) is 45.2 Å². The molecule has 1 aromatic carbocycles. The van der Waals surface area contributed by atoms with Crippen molar-refractivity contribution in [1.29, 1.82) is 0 Å². The van der Waals surface area contributed by atoms with E-state index in [0.717, 1.165) is 37.1 Å². The van der Waals surface area contributed by atoms with Gasteiger partial charge < -0.3 is 16.0 Å². The molecule has 2 unspecified atom stereocenters. The van der Waals surface area contributed by atoms with E-state index in [1.807, 2.05) is 36.1 Å². The van der Waals surface area contributed by atoms with Gasteiger partial charge in [-0.25, -0.2) is 4.79 Å². The van der Waals surface area contributed by atoms with Gasteiger partial charge in [-0.2, -0.15) is 0 Å². The second kappa shape index (κ2) is 6.06. The number of nitrogens with zero attached hydrogens (tertiary/aromatic N) is 1. The van der Waals surface area contributed by atoms with E-state index in [1.165, 1.54) is 0 Å². The van der Waals surface area contributed by atoms with E-state index in [-0.39, 0.29) is 12.1 Å². The van der Waals surface area contributed by atoms with Crippen LogP contribution in [0.25, 0.3) is 0 Å². The fraction of sp³-hybridized carbons (Fsp3) is 0.533. The first-order valence-corrected chi connectivity index (χ1v) is 7.05. The molecule has 4 heteroatoms. The van der Waals surface area contributed by atoms with Crippen molar-refractivity contribution in [2.75, 3.05) is 11.9 Å². The molecular formula is C15H23N3O. The minimum Gasteiger partial charge on any atom is -0.324 e. The lowest BCUT2D eigenvalue weighted by Gasteiger charge is -2.24. The molecular weight excluding hydrogens is 238 g/mol. The molecule has 1 saturated heterocycles. The first-order valence-electron chi connectivity index (χ1n) is 7.05. The number of nitrogens with two attached hydrogens (primary N) is 1. The van der Waals surface area contributed by atoms with Crippen molar-refractivity contribution in [3.8, 4) is 0 Å². The monoisotopic (exact) mass is 261 g/mol. The lowest BCUT2D eigenvalue weighted by molar-refractivity contribution is 0.205. The maximum Gasteiger partial charge on any atom is 0.322 e. The molecule has 1 heterocycles. The average Bonchev–Trinajstić information content (AvgIpc) is 2.87. The van der Waals surface area contributed by atoms with Crippen molar-refractivity contribution in [1.82, 2.24) is 4.90 Å². The molecule has 0 aromatic heterocycles. The zero-order valence-electron chi connectivity index (χ0n) is 11.7. The van der Waals surface area contributed by atoms with Crippen LogP contribution in [0.1, 0.15) is 44.7 Å². The quantitative estimate of drug-likeness (QED) is 0.878. The SMILES string of the molecule is CCC1CCCN1C(=O)Nc1ccc(C(C)N)cc1. The van der Waals surface area contributed by atoms with Crippen molar-refractivity contribution >= 4 is 11.7 Å². The Hall–Kier alpha value is -1.55. The topological polar surface area (TPSA) is 58.4 Å². The van der Waals surface area contributed by atoms with Crippen LogP contribution in [0.4, 0.5) is 10.5 Å². The molecule has 1 fully saturated rings. The van der Waals surface area contributed by atoms with Crippen LogP contribution < -0.4 is 11.1 Å². The molecule has 3 N–H and O–H groups in total. The van der Waals surface area contributed by atoms with E-state index in [4.69, 9.17) is 5.73 Å². The van der Waals surface area contributed by atoms with Gasteiger partial charge in [0.25, 0.3) is 0 Å². The molecule has 0 aliphatic carbocycles. The zero-order chi connectivity index (χ0) is 13.8. The van der Waals surface area contributed by atoms with E-state index in [9.17, 15) is 4.79 Å². The minimum atomic E-state index is 0.0119. The molecule has 0 spiro atoms. The zero-order valence-corrected chi connectivity index (χ0v) is 11.7. The first kappa shape index (κ1) is 13.9. The van der Waals surface area contributed by atoms with Gasteiger partial charge in [0.15, 0.2) is 0 Å². The number of nitrogens with one attached hydrogen (secondary N) is 1. The second-order valence-electron chi connectivity index (χ2n) is 5.24. The molecule has 19 heavy (non-hydrogen) atoms. The normalized spacial score (nSPS) is 20.4. The van der Waals surface area contributed by atoms with Gasteiger partial charge in [0.05, 0.1) is 0 Å². The summed E-state index contributed by atoms with van der Waals surface area (Å²) < 4.78 is 0. The van der Waals surface area contributed by atoms with E-state index in [1.54, 1.807) is 0 Å². The number of carbonyl (C=O) groups excluding carboxylic acids is 1. The lowest BCUT2D eigenvalue weighted by atomic mass is 10.1. The summed E-state index contributed by atoms with van der Waals surface area (Å²) in [5.41, 5.74) is 7.71. The van der Waals surface area contributed by atoms with Crippen LogP contribution >= 0.6 is 0 Å². The third-order valence-electron chi connectivity index (χ3n) is 3.80. The summed E-state index contributed by atoms with van der Waals surface area (Å²) in [6.45, 7) is 4.94. The van der Waals surface area contributed by atoms with Crippen LogP contribution in [0.3, 0.4) is 0 Å². The predicted octanol–water partition coefficient (Wildman–Crippen LogP) is 3.11. The van der Waals surface area contributed by atoms with E-state index in [0.29, 0.717) is 6.04 Å². The largest absolute Gasteiger partial charge is 0.324 e. The summed E-state index contributed by atoms with van der Waals surface area (Å²) in [7, 11) is 0. The minimum absolute atomic E-state index is 0.0119. The number of rotatable bonds is 3. The molecule has 2 atom stereocenters. The Morgan fingerprint density at radius 1 is 1.47 bits per heavy atom. The number of likely N-dealkylation sites (tertiary alicyclic amines) is 1. The predicted molar refractivity (Wildman–Crippen MR) is 78.1 cm³/mol. The molecule has 4 nitrogen and oxygen atoms in total. The summed E-state index contributed by atoms with van der Waals surface area (Å²) in [5.74, 6) is 0. The molecule has 1 aliphatic heterocycles. The van der Waals surface area contributed by atoms with E-state index >= 15 is 0 Å². The number of anilines is 1. The van der Waals surface area contributed by atoms with Crippen LogP contribution in [-0.2, 0) is 0 Å². The van der Waals surface area contributed by atoms with Gasteiger partial charge in [0.1, 0.15) is 0 Å². The van der Waals surface area contributed by atoms with E-state index < -0.39 is 0 Å². The van der Waals surface area contributed by atoms with Gasteiger partial charge in [-0.05, 0) is 43.9 Å². The summed E-state index contributed by atoms with van der Waals surface area (Å²) in [6.07, 6.45) is 3.25. The standard InChI is InChI=1S/C15H23N3O/c1-3-14-5-4-10-18(14)15(19)17-13-8-6-12(7-9-13)11(2)16/h6-9,11,14H,3-5,10,16H2,1-2H3,(H,17,19). The summed E-state index contributed by atoms with van der Waals surface area (Å²) in [5, 5.41) is 2.96. The maximum absolute atomic E-state index is 12.2. The number of benzene rings is 1. The van der Waals surface area contributed by atoms with Crippen molar-refractivity contribution in [2.24, 2.45) is 5.73 Å². The maximum atomic E-state index is 12.2. The van der Waals surface area contributed by atoms with Crippen LogP contribution in [0, 0.1) is 0 Å². The Morgan fingerprint density at radius 3 is 2.74 bits per heavy atom. The Bertz CT molecular complexity index is 428. The molecule has 2 amide bonds. The summed E-state index contributed by atoms with van der Waals surface area (Å²) in [4.78, 5) is 14.1. The van der Waals surface area contributed by atoms with Gasteiger partial charge in [0, 0.05) is 24.3 Å². The average molecular weight is 261 g/mol. The van der Waals surface area contributed by atoms with Crippen LogP contribution in [0.5, 0.6) is 0 Å². The lowest BCUT2D eigenvalue weighted by Crippen LogP contribution is -2.38. The highest BCUT2D eigenvalue weighted by Gasteiger charge is 2.27. The van der Waals surface area contributed by atoms with Gasteiger partial charge in [-0.15, -0.1) is 0 Å². The highest BCUT2D eigenvalue weighted by molar-refractivity contribution is 5.89. The summed E-state index contributed by atoms with van der Waals surface area (Å²) >= 11 is 0. The van der Waals surface area contributed by atoms with Gasteiger partial charge in [0.2, 0.25) is 0 Å². The molecule has 1 aliphatic rings. The first-order chi connectivity index (χ1) is 9.11. The van der Waals surface area contributed by atoms with Gasteiger partial charge >= 0.3 is 6.03 Å². The summed E-state index contributed by atoms with van der Waals surface area (Å²) in [6, 6.07) is 8.17. The Labute approximate surface area is 115 Å². The number of hydrogen-bond donors (Lipinski definition) is 2. The van der Waals surface area contributed by atoms with Crippen molar-refractivity contribution in [3.63, 3.8) is 0 Å². The third-order valence-corrected chi connectivity index (χ3v) is 3.80. The van der Waals surface area contributed by atoms with Gasteiger partial charge in [-0.3, -0.25) is 0 Å². The molecule has 0 bridgehead atoms. The van der Waals surface area contributed by atoms with Crippen molar-refractivity contribution < 1.29 is 4.79 Å². The molecule has 2 rings (SSSR count). The number of carbonyl (C=O) groups is 1. The van der Waals surface area contributed by atoms with Crippen LogP contribution in [-0.4, -0.2) is 23.5 Å². The Balaban J connectivity index is 1.98. The molecule has 1 aromatic rings. The fourth-order valence-electron chi connectivity index (χ4n) is 2.59. The van der Waals surface area contributed by atoms with Crippen molar-refractivity contribution in [3.05, 3.63) is 29.8 Å². The van der Waals surface area contributed by atoms with Crippen LogP contribution in [0.2, 0.25) is 0 Å². The Morgan fingerprint density at radius 2 is 2.16 bits per heavy atom. The number of urea groups is 1. The molecule has 104 valence electrons. The van der Waals surface area contributed by atoms with E-state index in [2.05, 4.69) is 12.2 Å². The molecule has 0 radical (unpaired) electrons. The highest BCUT2D eigenvalue weighted by atomic mass is 16.2. The second-order valence-corrected chi connectivity index (χ2v) is 5.24. The Kier molecular flexibility index (Phi) is 4.43. The number of hydrogen-bond acceptors (Lipinski definition) is 2.